The van der Waals surface area contributed by atoms with Crippen LogP contribution < -0.4 is 5.32 Å². The van der Waals surface area contributed by atoms with Crippen molar-refractivity contribution in [2.45, 2.75) is 39.2 Å². The lowest BCUT2D eigenvalue weighted by Crippen LogP contribution is -2.32. The number of nitrogens with one attached hydrogen (secondary N) is 2. The van der Waals surface area contributed by atoms with Gasteiger partial charge in [-0.05, 0) is 52.3 Å². The van der Waals surface area contributed by atoms with E-state index in [0.717, 1.165) is 30.5 Å². The van der Waals surface area contributed by atoms with Crippen molar-refractivity contribution in [3.8, 4) is 0 Å². The topological polar surface area (TPSA) is 65.2 Å². The van der Waals surface area contributed by atoms with Crippen LogP contribution in [0.2, 0.25) is 0 Å². The number of H-pyrrole nitrogens is 1. The fourth-order valence-corrected chi connectivity index (χ4v) is 3.02. The van der Waals surface area contributed by atoms with Crippen LogP contribution in [-0.4, -0.2) is 48.3 Å². The molecule has 1 atom stereocenters. The van der Waals surface area contributed by atoms with Crippen molar-refractivity contribution >= 4 is 12.2 Å². The number of aromatic nitrogens is 1. The van der Waals surface area contributed by atoms with Gasteiger partial charge < -0.3 is 15.2 Å². The van der Waals surface area contributed by atoms with E-state index in [4.69, 9.17) is 0 Å². The molecule has 5 heteroatoms. The predicted octanol–water partition coefficient (Wildman–Crippen LogP) is 1.66. The van der Waals surface area contributed by atoms with Gasteiger partial charge in [0, 0.05) is 18.3 Å². The van der Waals surface area contributed by atoms with Crippen LogP contribution in [0.4, 0.5) is 0 Å². The zero-order chi connectivity index (χ0) is 14.7. The minimum Gasteiger partial charge on any atom is -0.356 e. The summed E-state index contributed by atoms with van der Waals surface area (Å²) in [7, 11) is 2.14. The fourth-order valence-electron chi connectivity index (χ4n) is 3.02. The molecule has 0 radical (unpaired) electrons. The summed E-state index contributed by atoms with van der Waals surface area (Å²) in [5, 5.41) is 2.96. The minimum absolute atomic E-state index is 0.0926. The van der Waals surface area contributed by atoms with Gasteiger partial charge in [0.1, 0.15) is 0 Å². The van der Waals surface area contributed by atoms with Gasteiger partial charge in [0.2, 0.25) is 0 Å². The molecule has 20 heavy (non-hydrogen) atoms. The van der Waals surface area contributed by atoms with Crippen LogP contribution in [-0.2, 0) is 0 Å². The molecule has 0 spiro atoms. The molecule has 1 amide bonds. The number of carbonyl (C=O) groups is 2. The summed E-state index contributed by atoms with van der Waals surface area (Å²) < 4.78 is 0. The smallest absolute Gasteiger partial charge is 0.253 e. The maximum atomic E-state index is 12.2. The van der Waals surface area contributed by atoms with Crippen molar-refractivity contribution in [3.63, 3.8) is 0 Å². The third-order valence-electron chi connectivity index (χ3n) is 4.26. The van der Waals surface area contributed by atoms with Crippen molar-refractivity contribution in [1.82, 2.24) is 15.2 Å². The Bertz CT molecular complexity index is 507. The van der Waals surface area contributed by atoms with Gasteiger partial charge in [-0.25, -0.2) is 0 Å². The highest BCUT2D eigenvalue weighted by Gasteiger charge is 2.21. The van der Waals surface area contributed by atoms with Crippen LogP contribution in [0.15, 0.2) is 0 Å². The van der Waals surface area contributed by atoms with E-state index in [1.807, 2.05) is 6.92 Å². The van der Waals surface area contributed by atoms with Crippen LogP contribution in [0.25, 0.3) is 0 Å². The van der Waals surface area contributed by atoms with E-state index in [-0.39, 0.29) is 5.91 Å². The number of aryl methyl sites for hydroxylation is 1. The van der Waals surface area contributed by atoms with E-state index in [9.17, 15) is 9.59 Å². The standard InChI is InChI=1S/C15H23N3O2/c1-10-13(9-19)17-11(2)14(10)15(20)16-7-6-12-5-4-8-18(12)3/h9,12,17H,4-8H2,1-3H3,(H,16,20). The number of aldehydes is 1. The quantitative estimate of drug-likeness (QED) is 0.804. The van der Waals surface area contributed by atoms with Gasteiger partial charge in [0.15, 0.2) is 6.29 Å². The molecule has 5 nitrogen and oxygen atoms in total. The lowest BCUT2D eigenvalue weighted by atomic mass is 10.1. The van der Waals surface area contributed by atoms with Crippen molar-refractivity contribution in [2.24, 2.45) is 0 Å². The first-order valence-electron chi connectivity index (χ1n) is 7.17. The summed E-state index contributed by atoms with van der Waals surface area (Å²) in [6.45, 7) is 5.44. The molecular weight excluding hydrogens is 254 g/mol. The molecule has 1 aliphatic heterocycles. The van der Waals surface area contributed by atoms with Crippen LogP contribution in [0, 0.1) is 13.8 Å². The van der Waals surface area contributed by atoms with Crippen LogP contribution >= 0.6 is 0 Å². The van der Waals surface area contributed by atoms with Crippen molar-refractivity contribution < 1.29 is 9.59 Å². The van der Waals surface area contributed by atoms with Crippen molar-refractivity contribution in [1.29, 1.82) is 0 Å². The Morgan fingerprint density at radius 1 is 1.50 bits per heavy atom. The molecule has 0 aliphatic carbocycles. The summed E-state index contributed by atoms with van der Waals surface area (Å²) in [6, 6.07) is 0.578. The van der Waals surface area contributed by atoms with Gasteiger partial charge >= 0.3 is 0 Å². The Kier molecular flexibility index (Phi) is 4.60. The Hall–Kier alpha value is -1.62. The van der Waals surface area contributed by atoms with Gasteiger partial charge in [-0.3, -0.25) is 9.59 Å². The van der Waals surface area contributed by atoms with Gasteiger partial charge in [-0.15, -0.1) is 0 Å². The summed E-state index contributed by atoms with van der Waals surface area (Å²) in [5.74, 6) is -0.0926. The largest absolute Gasteiger partial charge is 0.356 e. The van der Waals surface area contributed by atoms with E-state index < -0.39 is 0 Å². The first-order chi connectivity index (χ1) is 9.54. The molecule has 1 aromatic heterocycles. The molecule has 0 aromatic carbocycles. The molecule has 2 N–H and O–H groups in total. The summed E-state index contributed by atoms with van der Waals surface area (Å²) in [4.78, 5) is 28.4. The van der Waals surface area contributed by atoms with Crippen LogP contribution in [0.3, 0.4) is 0 Å². The molecule has 1 saturated heterocycles. The third-order valence-corrected chi connectivity index (χ3v) is 4.26. The van der Waals surface area contributed by atoms with Gasteiger partial charge in [0.05, 0.1) is 11.3 Å². The number of hydrogen-bond acceptors (Lipinski definition) is 3. The van der Waals surface area contributed by atoms with Gasteiger partial charge in [-0.2, -0.15) is 0 Å². The molecule has 1 aliphatic rings. The van der Waals surface area contributed by atoms with E-state index in [1.165, 1.54) is 12.8 Å². The average molecular weight is 277 g/mol. The SMILES string of the molecule is Cc1[nH]c(C=O)c(C)c1C(=O)NCCC1CCCN1C. The third kappa shape index (κ3) is 2.93. The summed E-state index contributed by atoms with van der Waals surface area (Å²) in [6.07, 6.45) is 4.19. The molecule has 0 bridgehead atoms. The lowest BCUT2D eigenvalue weighted by Gasteiger charge is -2.19. The van der Waals surface area contributed by atoms with Crippen molar-refractivity contribution in [2.75, 3.05) is 20.1 Å². The number of nitrogens with zero attached hydrogens (tertiary/aromatic N) is 1. The minimum atomic E-state index is -0.0926. The van der Waals surface area contributed by atoms with Crippen LogP contribution in [0.5, 0.6) is 0 Å². The second-order valence-electron chi connectivity index (χ2n) is 5.60. The second kappa shape index (κ2) is 6.22. The number of carbonyl (C=O) groups excluding carboxylic acids is 2. The predicted molar refractivity (Wildman–Crippen MR) is 78.3 cm³/mol. The normalized spacial score (nSPS) is 19.2. The van der Waals surface area contributed by atoms with Gasteiger partial charge in [-0.1, -0.05) is 0 Å². The molecule has 2 heterocycles. The highest BCUT2D eigenvalue weighted by molar-refractivity contribution is 5.99. The number of aromatic amines is 1. The van der Waals surface area contributed by atoms with E-state index >= 15 is 0 Å². The Labute approximate surface area is 119 Å². The fraction of sp³-hybridized carbons (Fsp3) is 0.600. The first-order valence-corrected chi connectivity index (χ1v) is 7.17. The highest BCUT2D eigenvalue weighted by Crippen LogP contribution is 2.18. The first kappa shape index (κ1) is 14.8. The van der Waals surface area contributed by atoms with E-state index in [0.29, 0.717) is 23.8 Å². The van der Waals surface area contributed by atoms with Crippen LogP contribution in [0.1, 0.15) is 51.4 Å². The maximum absolute atomic E-state index is 12.2. The highest BCUT2D eigenvalue weighted by atomic mass is 16.1. The molecular formula is C15H23N3O2. The number of rotatable bonds is 5. The van der Waals surface area contributed by atoms with E-state index in [1.54, 1.807) is 6.92 Å². The second-order valence-corrected chi connectivity index (χ2v) is 5.60. The summed E-state index contributed by atoms with van der Waals surface area (Å²) >= 11 is 0. The molecule has 1 aromatic rings. The zero-order valence-electron chi connectivity index (χ0n) is 12.5. The van der Waals surface area contributed by atoms with Gasteiger partial charge in [0.25, 0.3) is 5.91 Å². The molecule has 1 fully saturated rings. The van der Waals surface area contributed by atoms with E-state index in [2.05, 4.69) is 22.2 Å². The Morgan fingerprint density at radius 3 is 2.80 bits per heavy atom. The number of hydrogen-bond donors (Lipinski definition) is 2. The molecule has 110 valence electrons. The monoisotopic (exact) mass is 277 g/mol. The lowest BCUT2D eigenvalue weighted by molar-refractivity contribution is 0.0949. The van der Waals surface area contributed by atoms with Crippen molar-refractivity contribution in [3.05, 3.63) is 22.5 Å². The summed E-state index contributed by atoms with van der Waals surface area (Å²) in [5.41, 5.74) is 2.57. The molecule has 2 rings (SSSR count). The molecule has 1 unspecified atom stereocenters. The zero-order valence-corrected chi connectivity index (χ0v) is 12.5. The Morgan fingerprint density at radius 2 is 2.25 bits per heavy atom. The Balaban J connectivity index is 1.92. The molecule has 0 saturated carbocycles. The maximum Gasteiger partial charge on any atom is 0.253 e. The average Bonchev–Trinajstić information content (AvgIpc) is 2.93. The number of amides is 1. The number of likely N-dealkylation sites (tertiary alicyclic amines) is 1.